The molecule has 6 heteroatoms. The van der Waals surface area contributed by atoms with Gasteiger partial charge in [0.05, 0.1) is 17.6 Å². The fourth-order valence-electron chi connectivity index (χ4n) is 2.34. The third-order valence-corrected chi connectivity index (χ3v) is 3.45. The zero-order chi connectivity index (χ0) is 12.4. The molecule has 2 heterocycles. The molecule has 0 amide bonds. The van der Waals surface area contributed by atoms with Crippen LogP contribution in [0.15, 0.2) is 6.33 Å². The first-order chi connectivity index (χ1) is 8.09. The Bertz CT molecular complexity index is 400. The monoisotopic (exact) mass is 253 g/mol. The van der Waals surface area contributed by atoms with Gasteiger partial charge in [-0.15, -0.1) is 0 Å². The molecule has 0 saturated carbocycles. The van der Waals surface area contributed by atoms with Gasteiger partial charge in [0.25, 0.3) is 0 Å². The second-order valence-electron chi connectivity index (χ2n) is 4.75. The van der Waals surface area contributed by atoms with Crippen LogP contribution in [0.5, 0.6) is 0 Å². The molecule has 1 unspecified atom stereocenters. The van der Waals surface area contributed by atoms with Gasteiger partial charge in [-0.1, -0.05) is 12.2 Å². The largest absolute Gasteiger partial charge is 0.392 e. The predicted molar refractivity (Wildman–Crippen MR) is 70.6 cm³/mol. The van der Waals surface area contributed by atoms with Crippen molar-refractivity contribution in [2.24, 2.45) is 5.73 Å². The van der Waals surface area contributed by atoms with Crippen LogP contribution in [0.4, 0.5) is 0 Å². The molecule has 94 valence electrons. The molecule has 0 radical (unpaired) electrons. The Hall–Kier alpha value is -1.01. The number of likely N-dealkylation sites (tertiary alicyclic amines) is 1. The molecule has 1 fully saturated rings. The van der Waals surface area contributed by atoms with Gasteiger partial charge in [0.15, 0.2) is 0 Å². The fourth-order valence-corrected chi connectivity index (χ4v) is 2.60. The van der Waals surface area contributed by atoms with E-state index in [-0.39, 0.29) is 6.04 Å². The summed E-state index contributed by atoms with van der Waals surface area (Å²) in [6.07, 6.45) is 3.82. The lowest BCUT2D eigenvalue weighted by atomic mass is 10.2. The van der Waals surface area contributed by atoms with E-state index in [0.717, 1.165) is 31.8 Å². The van der Waals surface area contributed by atoms with Crippen LogP contribution in [-0.4, -0.2) is 37.2 Å². The standard InChI is InChI=1S/C11H19N5S/c1-8(2)16-10(13-7-14-16)6-15-5-3-4-9(15)11(12)17/h7-9H,3-6H2,1-2H3,(H2,12,17). The summed E-state index contributed by atoms with van der Waals surface area (Å²) < 4.78 is 1.95. The highest BCUT2D eigenvalue weighted by Crippen LogP contribution is 2.20. The van der Waals surface area contributed by atoms with E-state index >= 15 is 0 Å². The van der Waals surface area contributed by atoms with Crippen LogP contribution in [0, 0.1) is 0 Å². The average molecular weight is 253 g/mol. The number of rotatable bonds is 4. The van der Waals surface area contributed by atoms with Crippen LogP contribution in [-0.2, 0) is 6.54 Å². The van der Waals surface area contributed by atoms with Gasteiger partial charge in [0.1, 0.15) is 12.2 Å². The van der Waals surface area contributed by atoms with Gasteiger partial charge >= 0.3 is 0 Å². The molecule has 5 nitrogen and oxygen atoms in total. The van der Waals surface area contributed by atoms with Crippen LogP contribution in [0.3, 0.4) is 0 Å². The highest BCUT2D eigenvalue weighted by atomic mass is 32.1. The lowest BCUT2D eigenvalue weighted by Gasteiger charge is -2.23. The van der Waals surface area contributed by atoms with Crippen molar-refractivity contribution in [3.8, 4) is 0 Å². The van der Waals surface area contributed by atoms with Gasteiger partial charge in [-0.05, 0) is 33.2 Å². The number of hydrogen-bond donors (Lipinski definition) is 1. The Labute approximate surface area is 107 Å². The van der Waals surface area contributed by atoms with Crippen molar-refractivity contribution >= 4 is 17.2 Å². The summed E-state index contributed by atoms with van der Waals surface area (Å²) in [4.78, 5) is 7.21. The number of nitrogens with two attached hydrogens (primary N) is 1. The van der Waals surface area contributed by atoms with Crippen LogP contribution in [0.2, 0.25) is 0 Å². The SMILES string of the molecule is CC(C)n1ncnc1CN1CCCC1C(N)=S. The summed E-state index contributed by atoms with van der Waals surface area (Å²) in [6, 6.07) is 0.556. The minimum Gasteiger partial charge on any atom is -0.392 e. The molecular weight excluding hydrogens is 234 g/mol. The smallest absolute Gasteiger partial charge is 0.141 e. The van der Waals surface area contributed by atoms with E-state index in [1.165, 1.54) is 0 Å². The summed E-state index contributed by atoms with van der Waals surface area (Å²) in [7, 11) is 0. The Morgan fingerprint density at radius 1 is 1.65 bits per heavy atom. The summed E-state index contributed by atoms with van der Waals surface area (Å²) in [5, 5.41) is 4.24. The minimum atomic E-state index is 0.224. The third-order valence-electron chi connectivity index (χ3n) is 3.17. The van der Waals surface area contributed by atoms with Crippen molar-refractivity contribution in [1.29, 1.82) is 0 Å². The quantitative estimate of drug-likeness (QED) is 0.815. The van der Waals surface area contributed by atoms with Gasteiger partial charge in [-0.25, -0.2) is 9.67 Å². The van der Waals surface area contributed by atoms with Crippen molar-refractivity contribution in [3.63, 3.8) is 0 Å². The molecular formula is C11H19N5S. The number of nitrogens with zero attached hydrogens (tertiary/aromatic N) is 4. The Balaban J connectivity index is 2.10. The summed E-state index contributed by atoms with van der Waals surface area (Å²) in [5.41, 5.74) is 5.76. The molecule has 1 aromatic heterocycles. The summed E-state index contributed by atoms with van der Waals surface area (Å²) in [5.74, 6) is 0.989. The van der Waals surface area contributed by atoms with E-state index in [4.69, 9.17) is 18.0 Å². The van der Waals surface area contributed by atoms with E-state index in [1.54, 1.807) is 6.33 Å². The van der Waals surface area contributed by atoms with E-state index < -0.39 is 0 Å². The first-order valence-corrected chi connectivity index (χ1v) is 6.42. The highest BCUT2D eigenvalue weighted by molar-refractivity contribution is 7.80. The van der Waals surface area contributed by atoms with Crippen LogP contribution < -0.4 is 5.73 Å². The van der Waals surface area contributed by atoms with Gasteiger partial charge in [0, 0.05) is 6.04 Å². The molecule has 17 heavy (non-hydrogen) atoms. The minimum absolute atomic E-state index is 0.224. The topological polar surface area (TPSA) is 60.0 Å². The van der Waals surface area contributed by atoms with E-state index in [9.17, 15) is 0 Å². The lowest BCUT2D eigenvalue weighted by Crippen LogP contribution is -2.39. The van der Waals surface area contributed by atoms with E-state index in [0.29, 0.717) is 11.0 Å². The summed E-state index contributed by atoms with van der Waals surface area (Å²) in [6.45, 7) is 6.02. The van der Waals surface area contributed by atoms with Crippen molar-refractivity contribution in [3.05, 3.63) is 12.2 Å². The molecule has 0 bridgehead atoms. The fraction of sp³-hybridized carbons (Fsp3) is 0.727. The van der Waals surface area contributed by atoms with Crippen molar-refractivity contribution in [2.45, 2.75) is 45.3 Å². The molecule has 1 atom stereocenters. The number of thiocarbonyl (C=S) groups is 1. The Kier molecular flexibility index (Phi) is 3.73. The number of hydrogen-bond acceptors (Lipinski definition) is 4. The predicted octanol–water partition coefficient (Wildman–Crippen LogP) is 1.11. The Morgan fingerprint density at radius 3 is 3.06 bits per heavy atom. The average Bonchev–Trinajstić information content (AvgIpc) is 2.86. The zero-order valence-electron chi connectivity index (χ0n) is 10.3. The maximum absolute atomic E-state index is 5.76. The maximum Gasteiger partial charge on any atom is 0.141 e. The zero-order valence-corrected chi connectivity index (χ0v) is 11.2. The van der Waals surface area contributed by atoms with E-state index in [2.05, 4.69) is 28.8 Å². The molecule has 2 N–H and O–H groups in total. The molecule has 1 aliphatic rings. The number of aromatic nitrogens is 3. The lowest BCUT2D eigenvalue weighted by molar-refractivity contribution is 0.277. The van der Waals surface area contributed by atoms with Gasteiger partial charge < -0.3 is 5.73 Å². The summed E-state index contributed by atoms with van der Waals surface area (Å²) >= 11 is 5.11. The van der Waals surface area contributed by atoms with Gasteiger partial charge in [0.2, 0.25) is 0 Å². The third kappa shape index (κ3) is 2.63. The van der Waals surface area contributed by atoms with Crippen molar-refractivity contribution in [2.75, 3.05) is 6.54 Å². The van der Waals surface area contributed by atoms with Crippen LogP contribution in [0.1, 0.15) is 38.6 Å². The first-order valence-electron chi connectivity index (χ1n) is 6.01. The van der Waals surface area contributed by atoms with Crippen molar-refractivity contribution in [1.82, 2.24) is 19.7 Å². The van der Waals surface area contributed by atoms with Gasteiger partial charge in [-0.2, -0.15) is 5.10 Å². The van der Waals surface area contributed by atoms with Crippen LogP contribution >= 0.6 is 12.2 Å². The maximum atomic E-state index is 5.76. The molecule has 2 rings (SSSR count). The second kappa shape index (κ2) is 5.10. The molecule has 0 aliphatic carbocycles. The highest BCUT2D eigenvalue weighted by Gasteiger charge is 2.27. The molecule has 1 saturated heterocycles. The molecule has 1 aliphatic heterocycles. The van der Waals surface area contributed by atoms with Crippen molar-refractivity contribution < 1.29 is 0 Å². The molecule has 0 spiro atoms. The van der Waals surface area contributed by atoms with Crippen LogP contribution in [0.25, 0.3) is 0 Å². The molecule has 1 aromatic rings. The molecule has 0 aromatic carbocycles. The normalized spacial score (nSPS) is 21.2. The second-order valence-corrected chi connectivity index (χ2v) is 5.22. The first kappa shape index (κ1) is 12.4. The van der Waals surface area contributed by atoms with Gasteiger partial charge in [-0.3, -0.25) is 4.90 Å². The van der Waals surface area contributed by atoms with E-state index in [1.807, 2.05) is 4.68 Å². The Morgan fingerprint density at radius 2 is 2.41 bits per heavy atom.